The van der Waals surface area contributed by atoms with Crippen molar-refractivity contribution in [2.45, 2.75) is 82.5 Å². The highest BCUT2D eigenvalue weighted by atomic mass is 32.2. The van der Waals surface area contributed by atoms with Gasteiger partial charge in [0, 0.05) is 12.6 Å². The van der Waals surface area contributed by atoms with E-state index in [0.29, 0.717) is 34.3 Å². The Bertz CT molecular complexity index is 1110. The lowest BCUT2D eigenvalue weighted by Gasteiger charge is -2.28. The molecule has 2 aromatic rings. The zero-order valence-corrected chi connectivity index (χ0v) is 20.4. The summed E-state index contributed by atoms with van der Waals surface area (Å²) in [7, 11) is 0. The molecule has 2 saturated carbocycles. The first-order valence-electron chi connectivity index (χ1n) is 12.7. The fourth-order valence-corrected chi connectivity index (χ4v) is 7.12. The average Bonchev–Trinajstić information content (AvgIpc) is 3.47. The summed E-state index contributed by atoms with van der Waals surface area (Å²) in [5.41, 5.74) is 2.14. The first-order chi connectivity index (χ1) is 16.1. The van der Waals surface area contributed by atoms with Crippen LogP contribution < -0.4 is 10.9 Å². The monoisotopic (exact) mass is 465 g/mol. The van der Waals surface area contributed by atoms with Crippen molar-refractivity contribution < 1.29 is 4.79 Å². The summed E-state index contributed by atoms with van der Waals surface area (Å²) in [5.74, 6) is 2.62. The minimum Gasteiger partial charge on any atom is -0.353 e. The van der Waals surface area contributed by atoms with Crippen LogP contribution in [0.3, 0.4) is 0 Å². The van der Waals surface area contributed by atoms with Gasteiger partial charge in [-0.2, -0.15) is 0 Å². The summed E-state index contributed by atoms with van der Waals surface area (Å²) in [6.45, 7) is 2.78. The van der Waals surface area contributed by atoms with Gasteiger partial charge in [0.1, 0.15) is 0 Å². The molecule has 1 heterocycles. The molecule has 0 aliphatic heterocycles. The molecular formula is C27H35N3O2S. The van der Waals surface area contributed by atoms with Crippen molar-refractivity contribution in [2.24, 2.45) is 17.8 Å². The number of nitrogens with one attached hydrogen (secondary N) is 1. The fraction of sp³-hybridized carbons (Fsp3) is 0.593. The van der Waals surface area contributed by atoms with Gasteiger partial charge in [-0.15, -0.1) is 0 Å². The third-order valence-corrected chi connectivity index (χ3v) is 9.00. The molecule has 4 atom stereocenters. The highest BCUT2D eigenvalue weighted by molar-refractivity contribution is 7.99. The molecule has 176 valence electrons. The van der Waals surface area contributed by atoms with Gasteiger partial charge in [0.25, 0.3) is 5.56 Å². The molecule has 0 spiro atoms. The number of aromatic nitrogens is 2. The molecule has 2 fully saturated rings. The highest BCUT2D eigenvalue weighted by Gasteiger charge is 2.42. The average molecular weight is 466 g/mol. The summed E-state index contributed by atoms with van der Waals surface area (Å²) in [4.78, 5) is 30.9. The molecule has 2 bridgehead atoms. The lowest BCUT2D eigenvalue weighted by molar-refractivity contribution is -0.119. The number of nitrogens with zero attached hydrogens (tertiary/aromatic N) is 2. The number of hydrogen-bond acceptors (Lipinski definition) is 4. The van der Waals surface area contributed by atoms with Gasteiger partial charge in [-0.1, -0.05) is 42.0 Å². The Balaban J connectivity index is 1.28. The molecule has 3 aliphatic carbocycles. The first-order valence-corrected chi connectivity index (χ1v) is 13.7. The SMILES string of the molecule is CC(NC(=O)CSc1nc2ccccc2c(=O)n1CCC1=CCCCC1)C1CC2CCC1C2. The third-order valence-electron chi connectivity index (χ3n) is 8.02. The number of carbonyl (C=O) groups is 1. The lowest BCUT2D eigenvalue weighted by Crippen LogP contribution is -2.41. The second-order valence-corrected chi connectivity index (χ2v) is 11.2. The standard InChI is InChI=1S/C27H35N3O2S/c1-18(23-16-20-11-12-21(23)15-20)28-25(31)17-33-27-29-24-10-6-5-9-22(24)26(32)30(27)14-13-19-7-3-2-4-8-19/h5-7,9-10,18,20-21,23H,2-4,8,11-17H2,1H3,(H,28,31). The molecule has 6 heteroatoms. The van der Waals surface area contributed by atoms with Crippen LogP contribution in [0, 0.1) is 17.8 Å². The van der Waals surface area contributed by atoms with E-state index >= 15 is 0 Å². The van der Waals surface area contributed by atoms with Gasteiger partial charge in [-0.05, 0) is 88.2 Å². The van der Waals surface area contributed by atoms with E-state index in [1.165, 1.54) is 55.9 Å². The molecule has 1 aromatic carbocycles. The zero-order valence-electron chi connectivity index (χ0n) is 19.6. The van der Waals surface area contributed by atoms with Gasteiger partial charge in [0.15, 0.2) is 5.16 Å². The minimum absolute atomic E-state index is 0.00438. The summed E-state index contributed by atoms with van der Waals surface area (Å²) in [6.07, 6.45) is 13.3. The van der Waals surface area contributed by atoms with Crippen LogP contribution in [0.4, 0.5) is 0 Å². The Morgan fingerprint density at radius 3 is 2.88 bits per heavy atom. The number of thioether (sulfide) groups is 1. The summed E-state index contributed by atoms with van der Waals surface area (Å²) < 4.78 is 1.79. The van der Waals surface area contributed by atoms with E-state index in [0.717, 1.165) is 31.1 Å². The molecule has 3 aliphatic rings. The normalized spacial score (nSPS) is 25.2. The second-order valence-electron chi connectivity index (χ2n) is 10.2. The fourth-order valence-electron chi connectivity index (χ4n) is 6.28. The molecule has 1 N–H and O–H groups in total. The predicted molar refractivity (Wildman–Crippen MR) is 134 cm³/mol. The van der Waals surface area contributed by atoms with E-state index in [1.54, 1.807) is 4.57 Å². The molecule has 0 radical (unpaired) electrons. The maximum Gasteiger partial charge on any atom is 0.262 e. The Hall–Kier alpha value is -2.08. The summed E-state index contributed by atoms with van der Waals surface area (Å²) in [6, 6.07) is 7.74. The molecular weight excluding hydrogens is 430 g/mol. The van der Waals surface area contributed by atoms with Gasteiger partial charge in [-0.25, -0.2) is 4.98 Å². The van der Waals surface area contributed by atoms with E-state index < -0.39 is 0 Å². The largest absolute Gasteiger partial charge is 0.353 e. The number of carbonyl (C=O) groups excluding carboxylic acids is 1. The van der Waals surface area contributed by atoms with Crippen molar-refractivity contribution in [1.82, 2.24) is 14.9 Å². The molecule has 5 rings (SSSR count). The van der Waals surface area contributed by atoms with Crippen LogP contribution >= 0.6 is 11.8 Å². The molecule has 0 saturated heterocycles. The van der Waals surface area contributed by atoms with Crippen molar-refractivity contribution >= 4 is 28.6 Å². The zero-order chi connectivity index (χ0) is 22.8. The quantitative estimate of drug-likeness (QED) is 0.326. The van der Waals surface area contributed by atoms with Crippen molar-refractivity contribution in [2.75, 3.05) is 5.75 Å². The van der Waals surface area contributed by atoms with Gasteiger partial charge in [0.2, 0.25) is 5.91 Å². The first kappa shape index (κ1) is 22.7. The smallest absolute Gasteiger partial charge is 0.262 e. The van der Waals surface area contributed by atoms with Gasteiger partial charge < -0.3 is 5.32 Å². The lowest BCUT2D eigenvalue weighted by atomic mass is 9.84. The van der Waals surface area contributed by atoms with Crippen LogP contribution in [0.25, 0.3) is 10.9 Å². The van der Waals surface area contributed by atoms with Crippen molar-refractivity contribution in [3.8, 4) is 0 Å². The maximum atomic E-state index is 13.3. The summed E-state index contributed by atoms with van der Waals surface area (Å²) >= 11 is 1.39. The van der Waals surface area contributed by atoms with Crippen molar-refractivity contribution in [1.29, 1.82) is 0 Å². The van der Waals surface area contributed by atoms with Crippen LogP contribution in [0.2, 0.25) is 0 Å². The van der Waals surface area contributed by atoms with Gasteiger partial charge in [-0.3, -0.25) is 14.2 Å². The van der Waals surface area contributed by atoms with Crippen LogP contribution in [0.15, 0.2) is 45.9 Å². The van der Waals surface area contributed by atoms with E-state index in [9.17, 15) is 9.59 Å². The van der Waals surface area contributed by atoms with Crippen molar-refractivity contribution in [3.63, 3.8) is 0 Å². The highest BCUT2D eigenvalue weighted by Crippen LogP contribution is 2.49. The Morgan fingerprint density at radius 2 is 2.12 bits per heavy atom. The van der Waals surface area contributed by atoms with Crippen molar-refractivity contribution in [3.05, 3.63) is 46.3 Å². The molecule has 33 heavy (non-hydrogen) atoms. The number of allylic oxidation sites excluding steroid dienone is 2. The van der Waals surface area contributed by atoms with Gasteiger partial charge in [0.05, 0.1) is 16.7 Å². The topological polar surface area (TPSA) is 64.0 Å². The number of rotatable bonds is 8. The van der Waals surface area contributed by atoms with E-state index in [2.05, 4.69) is 18.3 Å². The van der Waals surface area contributed by atoms with Crippen LogP contribution in [-0.4, -0.2) is 27.3 Å². The molecule has 5 nitrogen and oxygen atoms in total. The minimum atomic E-state index is -0.00438. The third kappa shape index (κ3) is 5.06. The Labute approximate surface area is 200 Å². The Morgan fingerprint density at radius 1 is 1.24 bits per heavy atom. The Kier molecular flexibility index (Phi) is 6.91. The number of para-hydroxylation sites is 1. The number of fused-ring (bicyclic) bond motifs is 3. The van der Waals surface area contributed by atoms with E-state index in [1.807, 2.05) is 24.3 Å². The molecule has 1 amide bonds. The second kappa shape index (κ2) is 10.0. The van der Waals surface area contributed by atoms with E-state index in [4.69, 9.17) is 4.98 Å². The molecule has 4 unspecified atom stereocenters. The number of benzene rings is 1. The molecule has 1 aromatic heterocycles. The number of amides is 1. The van der Waals surface area contributed by atoms with Crippen LogP contribution in [0.5, 0.6) is 0 Å². The van der Waals surface area contributed by atoms with Crippen LogP contribution in [-0.2, 0) is 11.3 Å². The predicted octanol–water partition coefficient (Wildman–Crippen LogP) is 5.32. The summed E-state index contributed by atoms with van der Waals surface area (Å²) in [5, 5.41) is 4.55. The number of hydrogen-bond donors (Lipinski definition) is 1. The maximum absolute atomic E-state index is 13.3. The van der Waals surface area contributed by atoms with Crippen LogP contribution in [0.1, 0.15) is 64.7 Å². The van der Waals surface area contributed by atoms with E-state index in [-0.39, 0.29) is 17.5 Å². The van der Waals surface area contributed by atoms with Gasteiger partial charge >= 0.3 is 0 Å².